The zero-order valence-electron chi connectivity index (χ0n) is 5.97. The van der Waals surface area contributed by atoms with Crippen molar-refractivity contribution in [3.05, 3.63) is 26.9 Å². The Kier molecular flexibility index (Phi) is 1.96. The molecule has 0 fully saturated rings. The second-order valence-electron chi connectivity index (χ2n) is 2.41. The molecular weight excluding hydrogens is 288 g/mol. The summed E-state index contributed by atoms with van der Waals surface area (Å²) in [6.45, 7) is 0. The smallest absolute Gasteiger partial charge is 0.200 e. The summed E-state index contributed by atoms with van der Waals surface area (Å²) in [5.41, 5.74) is 5.81. The van der Waals surface area contributed by atoms with E-state index >= 15 is 0 Å². The van der Waals surface area contributed by atoms with Gasteiger partial charge in [-0.15, -0.1) is 11.3 Å². The average molecular weight is 293 g/mol. The van der Waals surface area contributed by atoms with Crippen molar-refractivity contribution in [3.63, 3.8) is 0 Å². The molecule has 0 atom stereocenters. The fraction of sp³-hybridized carbons (Fsp3) is 0. The van der Waals surface area contributed by atoms with E-state index in [0.29, 0.717) is 0 Å². The van der Waals surface area contributed by atoms with Crippen LogP contribution in [-0.2, 0) is 0 Å². The molecule has 2 N–H and O–H groups in total. The molecule has 0 aliphatic carbocycles. The first-order chi connectivity index (χ1) is 5.70. The molecule has 1 heterocycles. The third kappa shape index (κ3) is 1.09. The number of nitrogens with two attached hydrogens (primary N) is 1. The minimum atomic E-state index is -0.283. The molecule has 0 aliphatic rings. The van der Waals surface area contributed by atoms with E-state index in [4.69, 9.17) is 5.73 Å². The van der Waals surface area contributed by atoms with E-state index in [1.807, 2.05) is 18.2 Å². The first-order valence-corrected chi connectivity index (χ1v) is 5.21. The van der Waals surface area contributed by atoms with Gasteiger partial charge in [-0.25, -0.2) is 0 Å². The van der Waals surface area contributed by atoms with Crippen LogP contribution in [0.2, 0.25) is 0 Å². The number of hydrogen-bond donors (Lipinski definition) is 1. The summed E-state index contributed by atoms with van der Waals surface area (Å²) in [7, 11) is 0. The Morgan fingerprint density at radius 3 is 2.83 bits per heavy atom. The summed E-state index contributed by atoms with van der Waals surface area (Å²) in [5, 5.41) is 0.540. The van der Waals surface area contributed by atoms with Gasteiger partial charge >= 0.3 is 0 Å². The van der Waals surface area contributed by atoms with E-state index in [0.717, 1.165) is 25.0 Å². The number of fused-ring (bicyclic) bond motifs is 1. The number of rotatable bonds is 0. The lowest BCUT2D eigenvalue weighted by Gasteiger charge is -1.91. The van der Waals surface area contributed by atoms with Crippen molar-refractivity contribution in [2.75, 3.05) is 5.73 Å². The second-order valence-corrected chi connectivity index (χ2v) is 4.54. The Morgan fingerprint density at radius 2 is 2.17 bits per heavy atom. The predicted molar refractivity (Wildman–Crippen MR) is 58.9 cm³/mol. The molecule has 62 valence electrons. The highest BCUT2D eigenvalue weighted by atomic mass is 127. The van der Waals surface area contributed by atoms with Gasteiger partial charge in [0.15, 0.2) is 0 Å². The number of anilines is 1. The normalized spacial score (nSPS) is 10.8. The van der Waals surface area contributed by atoms with E-state index in [1.54, 1.807) is 0 Å². The lowest BCUT2D eigenvalue weighted by atomic mass is 10.2. The Balaban J connectivity index is 2.95. The zero-order valence-corrected chi connectivity index (χ0v) is 8.95. The molecule has 0 aliphatic heterocycles. The molecule has 0 saturated carbocycles. The van der Waals surface area contributed by atoms with Crippen LogP contribution in [0.4, 0.5) is 10.1 Å². The maximum absolute atomic E-state index is 13.0. The van der Waals surface area contributed by atoms with Gasteiger partial charge in [-0.2, -0.15) is 4.39 Å². The first kappa shape index (κ1) is 8.25. The molecule has 2 rings (SSSR count). The molecule has 4 heteroatoms. The summed E-state index contributed by atoms with van der Waals surface area (Å²) in [5.74, 6) is 0. The van der Waals surface area contributed by atoms with Gasteiger partial charge in [-0.3, -0.25) is 0 Å². The molecule has 0 saturated heterocycles. The topological polar surface area (TPSA) is 26.0 Å². The van der Waals surface area contributed by atoms with Crippen LogP contribution in [0.1, 0.15) is 0 Å². The standard InChI is InChI=1S/C8H5FINS/c9-8-6(11)4-2-1-3-5(10)7(4)12-8/h1-3H,11H2. The minimum Gasteiger partial charge on any atom is -0.395 e. The number of benzene rings is 1. The van der Waals surface area contributed by atoms with E-state index in [2.05, 4.69) is 22.6 Å². The SMILES string of the molecule is Nc1c(F)sc2c(I)cccc12. The van der Waals surface area contributed by atoms with Crippen LogP contribution < -0.4 is 5.73 Å². The molecule has 1 aromatic carbocycles. The fourth-order valence-corrected chi connectivity index (χ4v) is 2.76. The minimum absolute atomic E-state index is 0.272. The van der Waals surface area contributed by atoms with Crippen molar-refractivity contribution in [1.29, 1.82) is 0 Å². The lowest BCUT2D eigenvalue weighted by Crippen LogP contribution is -1.83. The molecule has 12 heavy (non-hydrogen) atoms. The van der Waals surface area contributed by atoms with Crippen molar-refractivity contribution in [3.8, 4) is 0 Å². The zero-order chi connectivity index (χ0) is 8.72. The van der Waals surface area contributed by atoms with Crippen molar-refractivity contribution >= 4 is 49.7 Å². The summed E-state index contributed by atoms with van der Waals surface area (Å²) in [6.07, 6.45) is 0. The molecular formula is C8H5FINS. The van der Waals surface area contributed by atoms with E-state index in [1.165, 1.54) is 0 Å². The van der Waals surface area contributed by atoms with Crippen molar-refractivity contribution < 1.29 is 4.39 Å². The van der Waals surface area contributed by atoms with E-state index in [9.17, 15) is 4.39 Å². The van der Waals surface area contributed by atoms with Crippen LogP contribution in [0.25, 0.3) is 10.1 Å². The molecule has 0 radical (unpaired) electrons. The van der Waals surface area contributed by atoms with Gasteiger partial charge < -0.3 is 5.73 Å². The summed E-state index contributed by atoms with van der Waals surface area (Å²) in [6, 6.07) is 5.66. The van der Waals surface area contributed by atoms with Crippen LogP contribution in [0, 0.1) is 8.70 Å². The van der Waals surface area contributed by atoms with Crippen molar-refractivity contribution in [2.45, 2.75) is 0 Å². The van der Waals surface area contributed by atoms with Crippen LogP contribution in [0.5, 0.6) is 0 Å². The van der Waals surface area contributed by atoms with Crippen LogP contribution in [0.3, 0.4) is 0 Å². The van der Waals surface area contributed by atoms with Crippen LogP contribution >= 0.6 is 33.9 Å². The van der Waals surface area contributed by atoms with Gasteiger partial charge in [0.25, 0.3) is 0 Å². The number of nitrogen functional groups attached to an aromatic ring is 1. The van der Waals surface area contributed by atoms with Gasteiger partial charge in [-0.1, -0.05) is 12.1 Å². The maximum Gasteiger partial charge on any atom is 0.200 e. The van der Waals surface area contributed by atoms with Crippen molar-refractivity contribution in [2.24, 2.45) is 0 Å². The molecule has 0 unspecified atom stereocenters. The third-order valence-corrected chi connectivity index (χ3v) is 3.97. The number of thiophene rings is 1. The van der Waals surface area contributed by atoms with Crippen LogP contribution in [0.15, 0.2) is 18.2 Å². The summed E-state index contributed by atoms with van der Waals surface area (Å²) in [4.78, 5) is 0. The van der Waals surface area contributed by atoms with Gasteiger partial charge in [0.05, 0.1) is 10.4 Å². The van der Waals surface area contributed by atoms with Gasteiger partial charge in [0.2, 0.25) is 5.13 Å². The summed E-state index contributed by atoms with van der Waals surface area (Å²) >= 11 is 3.28. The molecule has 0 bridgehead atoms. The predicted octanol–water partition coefficient (Wildman–Crippen LogP) is 3.23. The first-order valence-electron chi connectivity index (χ1n) is 3.32. The fourth-order valence-electron chi connectivity index (χ4n) is 1.08. The monoisotopic (exact) mass is 293 g/mol. The number of hydrogen-bond acceptors (Lipinski definition) is 2. The molecule has 0 spiro atoms. The Hall–Kier alpha value is -0.360. The number of halogens is 2. The lowest BCUT2D eigenvalue weighted by molar-refractivity contribution is 0.662. The van der Waals surface area contributed by atoms with Gasteiger partial charge in [-0.05, 0) is 28.7 Å². The maximum atomic E-state index is 13.0. The second kappa shape index (κ2) is 2.85. The Bertz CT molecular complexity index is 438. The van der Waals surface area contributed by atoms with Crippen LogP contribution in [-0.4, -0.2) is 0 Å². The highest BCUT2D eigenvalue weighted by molar-refractivity contribution is 14.1. The molecule has 0 amide bonds. The third-order valence-electron chi connectivity index (χ3n) is 1.66. The van der Waals surface area contributed by atoms with Gasteiger partial charge in [0, 0.05) is 8.96 Å². The van der Waals surface area contributed by atoms with E-state index in [-0.39, 0.29) is 10.8 Å². The Morgan fingerprint density at radius 1 is 1.42 bits per heavy atom. The van der Waals surface area contributed by atoms with E-state index < -0.39 is 0 Å². The molecule has 1 nitrogen and oxygen atoms in total. The van der Waals surface area contributed by atoms with Gasteiger partial charge in [0.1, 0.15) is 0 Å². The average Bonchev–Trinajstić information content (AvgIpc) is 2.32. The summed E-state index contributed by atoms with van der Waals surface area (Å²) < 4.78 is 15.0. The molecule has 2 aromatic rings. The highest BCUT2D eigenvalue weighted by Crippen LogP contribution is 2.34. The largest absolute Gasteiger partial charge is 0.395 e. The molecule has 1 aromatic heterocycles. The quantitative estimate of drug-likeness (QED) is 0.741. The highest BCUT2D eigenvalue weighted by Gasteiger charge is 2.09. The van der Waals surface area contributed by atoms with Crippen molar-refractivity contribution in [1.82, 2.24) is 0 Å². The Labute approximate surface area is 86.5 Å².